The van der Waals surface area contributed by atoms with Crippen LogP contribution in [0.15, 0.2) is 30.3 Å². The summed E-state index contributed by atoms with van der Waals surface area (Å²) in [6, 6.07) is 8.11. The largest absolute Gasteiger partial charge is 0.467 e. The standard InChI is InChI=1S/C17H20FNO4/c1-22-16(20)15-13-8-7-12(9-14(13)18)19(15)17(21)23-10-11-5-3-2-4-6-11/h2-6,12-15H,7-10H2,1H3/t12-,13-,14?,15+/m1/s1. The maximum atomic E-state index is 14.1. The van der Waals surface area contributed by atoms with Crippen LogP contribution < -0.4 is 0 Å². The number of benzene rings is 1. The van der Waals surface area contributed by atoms with E-state index in [0.29, 0.717) is 12.8 Å². The Morgan fingerprint density at radius 2 is 2.00 bits per heavy atom. The Labute approximate surface area is 134 Å². The van der Waals surface area contributed by atoms with Crippen molar-refractivity contribution in [3.8, 4) is 0 Å². The van der Waals surface area contributed by atoms with Gasteiger partial charge in [-0.1, -0.05) is 30.3 Å². The lowest BCUT2D eigenvalue weighted by Crippen LogP contribution is -2.64. The Hall–Kier alpha value is -2.11. The van der Waals surface area contributed by atoms with E-state index in [0.717, 1.165) is 5.56 Å². The van der Waals surface area contributed by atoms with E-state index >= 15 is 0 Å². The van der Waals surface area contributed by atoms with Gasteiger partial charge in [0.15, 0.2) is 0 Å². The number of amides is 1. The summed E-state index contributed by atoms with van der Waals surface area (Å²) in [6.07, 6.45) is -0.104. The topological polar surface area (TPSA) is 55.8 Å². The van der Waals surface area contributed by atoms with E-state index < -0.39 is 30.2 Å². The van der Waals surface area contributed by atoms with Crippen molar-refractivity contribution in [2.45, 2.75) is 44.1 Å². The molecule has 2 bridgehead atoms. The van der Waals surface area contributed by atoms with Crippen molar-refractivity contribution in [2.24, 2.45) is 5.92 Å². The molecule has 3 fully saturated rings. The van der Waals surface area contributed by atoms with Gasteiger partial charge in [0.25, 0.3) is 0 Å². The number of fused-ring (bicyclic) bond motifs is 3. The second-order valence-corrected chi connectivity index (χ2v) is 6.06. The van der Waals surface area contributed by atoms with Gasteiger partial charge < -0.3 is 9.47 Å². The van der Waals surface area contributed by atoms with Crippen LogP contribution >= 0.6 is 0 Å². The predicted molar refractivity (Wildman–Crippen MR) is 80.3 cm³/mol. The van der Waals surface area contributed by atoms with Crippen LogP contribution in [0, 0.1) is 5.92 Å². The summed E-state index contributed by atoms with van der Waals surface area (Å²) >= 11 is 0. The van der Waals surface area contributed by atoms with Crippen LogP contribution in [-0.4, -0.2) is 42.3 Å². The first-order valence-corrected chi connectivity index (χ1v) is 7.82. The van der Waals surface area contributed by atoms with E-state index in [2.05, 4.69) is 0 Å². The Kier molecular flexibility index (Phi) is 4.50. The summed E-state index contributed by atoms with van der Waals surface area (Å²) < 4.78 is 24.2. The van der Waals surface area contributed by atoms with Gasteiger partial charge in [-0.2, -0.15) is 0 Å². The number of rotatable bonds is 3. The van der Waals surface area contributed by atoms with Crippen molar-refractivity contribution in [1.82, 2.24) is 4.90 Å². The summed E-state index contributed by atoms with van der Waals surface area (Å²) in [6.45, 7) is 0.126. The van der Waals surface area contributed by atoms with E-state index in [1.807, 2.05) is 30.3 Å². The maximum absolute atomic E-state index is 14.1. The SMILES string of the molecule is COC(=O)[C@@H]1[C@@H]2CC[C@H](CC2F)N1C(=O)OCc1ccccc1. The first kappa shape index (κ1) is 15.8. The molecule has 1 aromatic rings. The zero-order chi connectivity index (χ0) is 16.4. The van der Waals surface area contributed by atoms with Crippen LogP contribution in [-0.2, 0) is 20.9 Å². The molecule has 0 spiro atoms. The number of esters is 1. The second kappa shape index (κ2) is 6.56. The van der Waals surface area contributed by atoms with Gasteiger partial charge in [-0.3, -0.25) is 4.90 Å². The van der Waals surface area contributed by atoms with Gasteiger partial charge in [0.2, 0.25) is 0 Å². The van der Waals surface area contributed by atoms with Gasteiger partial charge in [0.05, 0.1) is 7.11 Å². The van der Waals surface area contributed by atoms with Crippen LogP contribution in [0.25, 0.3) is 0 Å². The van der Waals surface area contributed by atoms with E-state index in [1.54, 1.807) is 0 Å². The van der Waals surface area contributed by atoms with Gasteiger partial charge in [0.1, 0.15) is 18.8 Å². The average molecular weight is 321 g/mol. The molecule has 2 aliphatic heterocycles. The normalized spacial score (nSPS) is 29.2. The molecule has 4 atom stereocenters. The molecule has 5 nitrogen and oxygen atoms in total. The van der Waals surface area contributed by atoms with Crippen LogP contribution in [0.2, 0.25) is 0 Å². The molecular weight excluding hydrogens is 301 g/mol. The molecule has 6 heteroatoms. The monoisotopic (exact) mass is 321 g/mol. The third kappa shape index (κ3) is 3.02. The Morgan fingerprint density at radius 1 is 1.26 bits per heavy atom. The van der Waals surface area contributed by atoms with Crippen molar-refractivity contribution in [1.29, 1.82) is 0 Å². The summed E-state index contributed by atoms with van der Waals surface area (Å²) in [4.78, 5) is 25.9. The van der Waals surface area contributed by atoms with Crippen molar-refractivity contribution in [3.63, 3.8) is 0 Å². The van der Waals surface area contributed by atoms with Crippen molar-refractivity contribution >= 4 is 12.1 Å². The number of halogens is 1. The molecule has 2 saturated heterocycles. The molecule has 124 valence electrons. The van der Waals surface area contributed by atoms with Crippen molar-refractivity contribution in [2.75, 3.05) is 7.11 Å². The van der Waals surface area contributed by atoms with Gasteiger partial charge in [-0.15, -0.1) is 0 Å². The van der Waals surface area contributed by atoms with Crippen LogP contribution in [0.4, 0.5) is 9.18 Å². The van der Waals surface area contributed by atoms with Crippen molar-refractivity contribution in [3.05, 3.63) is 35.9 Å². The molecule has 1 unspecified atom stereocenters. The van der Waals surface area contributed by atoms with Gasteiger partial charge in [-0.05, 0) is 24.8 Å². The highest BCUT2D eigenvalue weighted by atomic mass is 19.1. The molecule has 3 aliphatic rings. The van der Waals surface area contributed by atoms with E-state index in [-0.39, 0.29) is 19.1 Å². The first-order valence-electron chi connectivity index (χ1n) is 7.82. The lowest BCUT2D eigenvalue weighted by Gasteiger charge is -2.50. The number of methoxy groups -OCH3 is 1. The Bertz CT molecular complexity index is 579. The molecule has 1 saturated carbocycles. The number of nitrogens with zero attached hydrogens (tertiary/aromatic N) is 1. The molecule has 0 N–H and O–H groups in total. The fraction of sp³-hybridized carbons (Fsp3) is 0.529. The zero-order valence-electron chi connectivity index (χ0n) is 13.0. The summed E-state index contributed by atoms with van der Waals surface area (Å²) in [5.74, 6) is -1.07. The Morgan fingerprint density at radius 3 is 2.65 bits per heavy atom. The molecule has 0 radical (unpaired) electrons. The Balaban J connectivity index is 1.73. The molecule has 1 aromatic carbocycles. The molecule has 4 rings (SSSR count). The maximum Gasteiger partial charge on any atom is 0.411 e. The molecule has 1 aliphatic carbocycles. The predicted octanol–water partition coefficient (Wildman–Crippen LogP) is 2.69. The molecule has 0 aromatic heterocycles. The molecular formula is C17H20FNO4. The second-order valence-electron chi connectivity index (χ2n) is 6.06. The van der Waals surface area contributed by atoms with Gasteiger partial charge in [-0.25, -0.2) is 14.0 Å². The lowest BCUT2D eigenvalue weighted by molar-refractivity contribution is -0.158. The summed E-state index contributed by atoms with van der Waals surface area (Å²) in [5, 5.41) is 0. The fourth-order valence-corrected chi connectivity index (χ4v) is 3.63. The minimum atomic E-state index is -1.07. The number of piperidine rings is 2. The van der Waals surface area contributed by atoms with Crippen LogP contribution in [0.1, 0.15) is 24.8 Å². The minimum absolute atomic E-state index is 0.126. The zero-order valence-corrected chi connectivity index (χ0v) is 13.0. The third-order valence-electron chi connectivity index (χ3n) is 4.75. The van der Waals surface area contributed by atoms with Gasteiger partial charge in [0, 0.05) is 12.0 Å². The fourth-order valence-electron chi connectivity index (χ4n) is 3.63. The quantitative estimate of drug-likeness (QED) is 0.803. The molecule has 2 heterocycles. The third-order valence-corrected chi connectivity index (χ3v) is 4.75. The summed E-state index contributed by atoms with van der Waals surface area (Å²) in [7, 11) is 1.26. The van der Waals surface area contributed by atoms with Crippen LogP contribution in [0.5, 0.6) is 0 Å². The van der Waals surface area contributed by atoms with E-state index in [4.69, 9.17) is 9.47 Å². The number of hydrogen-bond acceptors (Lipinski definition) is 4. The average Bonchev–Trinajstić information content (AvgIpc) is 2.59. The summed E-state index contributed by atoms with van der Waals surface area (Å²) in [5.41, 5.74) is 0.862. The van der Waals surface area contributed by atoms with Gasteiger partial charge >= 0.3 is 12.1 Å². The number of hydrogen-bond donors (Lipinski definition) is 0. The van der Waals surface area contributed by atoms with E-state index in [9.17, 15) is 14.0 Å². The highest BCUT2D eigenvalue weighted by Gasteiger charge is 2.53. The lowest BCUT2D eigenvalue weighted by atomic mass is 9.73. The van der Waals surface area contributed by atoms with Crippen molar-refractivity contribution < 1.29 is 23.5 Å². The highest BCUT2D eigenvalue weighted by Crippen LogP contribution is 2.42. The number of carbonyl (C=O) groups is 2. The van der Waals surface area contributed by atoms with E-state index in [1.165, 1.54) is 12.0 Å². The molecule has 1 amide bonds. The number of alkyl halides is 1. The van der Waals surface area contributed by atoms with Crippen LogP contribution in [0.3, 0.4) is 0 Å². The first-order chi connectivity index (χ1) is 11.1. The minimum Gasteiger partial charge on any atom is -0.467 e. The highest BCUT2D eigenvalue weighted by molar-refractivity contribution is 5.82. The smallest absolute Gasteiger partial charge is 0.411 e. The molecule has 23 heavy (non-hydrogen) atoms. The number of ether oxygens (including phenoxy) is 2. The number of carbonyl (C=O) groups excluding carboxylic acids is 2.